The third kappa shape index (κ3) is 4.20. The minimum Gasteiger partial charge on any atom is -0.295 e. The first-order chi connectivity index (χ1) is 9.65. The van der Waals surface area contributed by atoms with Gasteiger partial charge in [-0.3, -0.25) is 4.79 Å². The fourth-order valence-corrected chi connectivity index (χ4v) is 2.14. The minimum atomic E-state index is 0.168. The zero-order chi connectivity index (χ0) is 14.4. The average Bonchev–Trinajstić information content (AvgIpc) is 2.47. The summed E-state index contributed by atoms with van der Waals surface area (Å²) in [5, 5.41) is 0. The van der Waals surface area contributed by atoms with E-state index in [0.717, 1.165) is 5.56 Å². The van der Waals surface area contributed by atoms with Crippen molar-refractivity contribution in [3.05, 3.63) is 77.4 Å². The molecule has 0 N–H and O–H groups in total. The Kier molecular flexibility index (Phi) is 4.89. The van der Waals surface area contributed by atoms with Crippen LogP contribution in [0.15, 0.2) is 60.7 Å². The van der Waals surface area contributed by atoms with E-state index >= 15 is 0 Å². The Hall–Kier alpha value is -2.15. The van der Waals surface area contributed by atoms with Crippen LogP contribution >= 0.6 is 0 Å². The number of hydrogen-bond donors (Lipinski definition) is 0. The molecule has 0 radical (unpaired) electrons. The van der Waals surface area contributed by atoms with Crippen molar-refractivity contribution < 1.29 is 4.79 Å². The quantitative estimate of drug-likeness (QED) is 0.711. The molecule has 0 aliphatic heterocycles. The molecule has 0 aliphatic rings. The number of ketones is 1. The summed E-state index contributed by atoms with van der Waals surface area (Å²) in [5.74, 6) is 0.422. The first kappa shape index (κ1) is 14.3. The second-order valence-corrected chi connectivity index (χ2v) is 5.23. The first-order valence-corrected chi connectivity index (χ1v) is 6.97. The molecule has 2 rings (SSSR count). The van der Waals surface area contributed by atoms with Gasteiger partial charge in [0.15, 0.2) is 5.78 Å². The molecule has 0 saturated carbocycles. The predicted octanol–water partition coefficient (Wildman–Crippen LogP) is 4.77. The van der Waals surface area contributed by atoms with Gasteiger partial charge in [-0.1, -0.05) is 73.2 Å². The number of aryl methyl sites for hydroxylation is 1. The molecule has 0 heterocycles. The van der Waals surface area contributed by atoms with E-state index < -0.39 is 0 Å². The van der Waals surface area contributed by atoms with Gasteiger partial charge in [0.25, 0.3) is 0 Å². The molecule has 1 nitrogen and oxygen atoms in total. The van der Waals surface area contributed by atoms with Gasteiger partial charge in [0, 0.05) is 6.42 Å². The normalized spacial score (nSPS) is 12.5. The van der Waals surface area contributed by atoms with Crippen LogP contribution in [-0.4, -0.2) is 5.78 Å². The molecule has 0 amide bonds. The molecular weight excluding hydrogens is 244 g/mol. The van der Waals surface area contributed by atoms with Crippen LogP contribution in [0.25, 0.3) is 6.08 Å². The monoisotopic (exact) mass is 264 g/mol. The summed E-state index contributed by atoms with van der Waals surface area (Å²) in [7, 11) is 0. The molecule has 1 heteroatoms. The number of rotatable bonds is 5. The van der Waals surface area contributed by atoms with Gasteiger partial charge in [-0.15, -0.1) is 0 Å². The topological polar surface area (TPSA) is 17.1 Å². The third-order valence-electron chi connectivity index (χ3n) is 3.42. The molecule has 0 saturated heterocycles. The van der Waals surface area contributed by atoms with E-state index in [2.05, 4.69) is 38.1 Å². The van der Waals surface area contributed by atoms with Gasteiger partial charge in [0.2, 0.25) is 0 Å². The van der Waals surface area contributed by atoms with Crippen molar-refractivity contribution in [1.29, 1.82) is 0 Å². The third-order valence-corrected chi connectivity index (χ3v) is 3.42. The standard InChI is InChI=1S/C19H20O/c1-15-8-11-18(12-9-15)16(2)14-19(20)13-10-17-6-4-3-5-7-17/h3-13,16H,14H2,1-2H3/b13-10-/t16-/m1/s1. The lowest BCUT2D eigenvalue weighted by Crippen LogP contribution is -2.01. The van der Waals surface area contributed by atoms with Crippen molar-refractivity contribution in [2.24, 2.45) is 0 Å². The lowest BCUT2D eigenvalue weighted by atomic mass is 9.95. The highest BCUT2D eigenvalue weighted by Gasteiger charge is 2.08. The van der Waals surface area contributed by atoms with Crippen LogP contribution in [0, 0.1) is 6.92 Å². The maximum Gasteiger partial charge on any atom is 0.156 e. The van der Waals surface area contributed by atoms with E-state index in [9.17, 15) is 4.79 Å². The Morgan fingerprint density at radius 3 is 2.35 bits per heavy atom. The van der Waals surface area contributed by atoms with E-state index in [4.69, 9.17) is 0 Å². The lowest BCUT2D eigenvalue weighted by molar-refractivity contribution is -0.114. The molecule has 2 aromatic carbocycles. The van der Waals surface area contributed by atoms with Crippen LogP contribution in [0.4, 0.5) is 0 Å². The van der Waals surface area contributed by atoms with Gasteiger partial charge in [-0.05, 0) is 30.0 Å². The summed E-state index contributed by atoms with van der Waals surface area (Å²) in [6, 6.07) is 18.3. The number of carbonyl (C=O) groups is 1. The molecule has 2 aromatic rings. The molecule has 0 unspecified atom stereocenters. The Morgan fingerprint density at radius 2 is 1.70 bits per heavy atom. The Bertz CT molecular complexity index is 579. The summed E-state index contributed by atoms with van der Waals surface area (Å²) < 4.78 is 0. The van der Waals surface area contributed by atoms with E-state index in [1.165, 1.54) is 11.1 Å². The van der Waals surface area contributed by atoms with Crippen molar-refractivity contribution in [1.82, 2.24) is 0 Å². The zero-order valence-corrected chi connectivity index (χ0v) is 12.0. The number of benzene rings is 2. The summed E-state index contributed by atoms with van der Waals surface area (Å²) in [6.07, 6.45) is 4.11. The lowest BCUT2D eigenvalue weighted by Gasteiger charge is -2.09. The highest BCUT2D eigenvalue weighted by Crippen LogP contribution is 2.20. The Labute approximate surface area is 121 Å². The van der Waals surface area contributed by atoms with Crippen LogP contribution in [-0.2, 0) is 4.79 Å². The molecule has 102 valence electrons. The average molecular weight is 264 g/mol. The van der Waals surface area contributed by atoms with Gasteiger partial charge < -0.3 is 0 Å². The van der Waals surface area contributed by atoms with Crippen molar-refractivity contribution in [2.75, 3.05) is 0 Å². The van der Waals surface area contributed by atoms with Gasteiger partial charge in [-0.2, -0.15) is 0 Å². The van der Waals surface area contributed by atoms with Crippen LogP contribution in [0.5, 0.6) is 0 Å². The predicted molar refractivity (Wildman–Crippen MR) is 84.7 cm³/mol. The smallest absolute Gasteiger partial charge is 0.156 e. The van der Waals surface area contributed by atoms with E-state index in [1.807, 2.05) is 36.4 Å². The second kappa shape index (κ2) is 6.85. The largest absolute Gasteiger partial charge is 0.295 e. The van der Waals surface area contributed by atoms with Gasteiger partial charge in [0.05, 0.1) is 0 Å². The van der Waals surface area contributed by atoms with Crippen molar-refractivity contribution in [3.63, 3.8) is 0 Å². The molecule has 0 aliphatic carbocycles. The molecular formula is C19H20O. The number of carbonyl (C=O) groups excluding carboxylic acids is 1. The fraction of sp³-hybridized carbons (Fsp3) is 0.211. The molecule has 1 atom stereocenters. The van der Waals surface area contributed by atoms with E-state index in [1.54, 1.807) is 6.08 Å². The van der Waals surface area contributed by atoms with Crippen molar-refractivity contribution in [3.8, 4) is 0 Å². The minimum absolute atomic E-state index is 0.168. The van der Waals surface area contributed by atoms with Crippen LogP contribution in [0.2, 0.25) is 0 Å². The van der Waals surface area contributed by atoms with Gasteiger partial charge in [-0.25, -0.2) is 0 Å². The van der Waals surface area contributed by atoms with E-state index in [-0.39, 0.29) is 11.7 Å². The molecule has 20 heavy (non-hydrogen) atoms. The zero-order valence-electron chi connectivity index (χ0n) is 12.0. The molecule has 0 spiro atoms. The summed E-state index contributed by atoms with van der Waals surface area (Å²) in [6.45, 7) is 4.17. The van der Waals surface area contributed by atoms with E-state index in [0.29, 0.717) is 6.42 Å². The Morgan fingerprint density at radius 1 is 1.05 bits per heavy atom. The molecule has 0 aromatic heterocycles. The molecule has 0 bridgehead atoms. The second-order valence-electron chi connectivity index (χ2n) is 5.23. The van der Waals surface area contributed by atoms with Gasteiger partial charge in [0.1, 0.15) is 0 Å². The highest BCUT2D eigenvalue weighted by atomic mass is 16.1. The van der Waals surface area contributed by atoms with Crippen molar-refractivity contribution in [2.45, 2.75) is 26.2 Å². The van der Waals surface area contributed by atoms with Crippen LogP contribution in [0.3, 0.4) is 0 Å². The number of allylic oxidation sites excluding steroid dienone is 1. The number of hydrogen-bond acceptors (Lipinski definition) is 1. The first-order valence-electron chi connectivity index (χ1n) is 6.97. The fourth-order valence-electron chi connectivity index (χ4n) is 2.14. The van der Waals surface area contributed by atoms with Crippen LogP contribution < -0.4 is 0 Å². The van der Waals surface area contributed by atoms with Crippen molar-refractivity contribution >= 4 is 11.9 Å². The maximum atomic E-state index is 12.0. The maximum absolute atomic E-state index is 12.0. The summed E-state index contributed by atoms with van der Waals surface area (Å²) in [5.41, 5.74) is 3.53. The SMILES string of the molecule is Cc1ccc([C@H](C)CC(=O)/C=C\c2ccccc2)cc1. The summed E-state index contributed by atoms with van der Waals surface area (Å²) in [4.78, 5) is 12.0. The highest BCUT2D eigenvalue weighted by molar-refractivity contribution is 5.94. The summed E-state index contributed by atoms with van der Waals surface area (Å²) >= 11 is 0. The van der Waals surface area contributed by atoms with Gasteiger partial charge >= 0.3 is 0 Å². The Balaban J connectivity index is 1.94. The van der Waals surface area contributed by atoms with Crippen LogP contribution in [0.1, 0.15) is 36.0 Å². The molecule has 0 fully saturated rings.